The van der Waals surface area contributed by atoms with Crippen LogP contribution in [0.25, 0.3) is 22.3 Å². The van der Waals surface area contributed by atoms with Gasteiger partial charge in [0.1, 0.15) is 28.2 Å². The van der Waals surface area contributed by atoms with E-state index >= 15 is 0 Å². The molecule has 0 unspecified atom stereocenters. The van der Waals surface area contributed by atoms with Crippen LogP contribution in [0, 0.1) is 0 Å². The molecule has 1 fully saturated rings. The molecule has 282 valence electrons. The van der Waals surface area contributed by atoms with Gasteiger partial charge in [0.05, 0.1) is 47.1 Å². The van der Waals surface area contributed by atoms with Crippen LogP contribution in [0.3, 0.4) is 0 Å². The van der Waals surface area contributed by atoms with Crippen molar-refractivity contribution >= 4 is 21.0 Å². The normalized spacial score (nSPS) is 14.2. The number of ether oxygens (including phenoxy) is 7. The molecular weight excluding hydrogens is 713 g/mol. The van der Waals surface area contributed by atoms with E-state index in [2.05, 4.69) is 9.64 Å². The zero-order valence-corrected chi connectivity index (χ0v) is 30.0. The molecule has 0 amide bonds. The van der Waals surface area contributed by atoms with Crippen molar-refractivity contribution in [2.24, 2.45) is 0 Å². The van der Waals surface area contributed by atoms with Crippen molar-refractivity contribution in [3.63, 3.8) is 0 Å². The Morgan fingerprint density at radius 1 is 0.750 bits per heavy atom. The molecule has 0 radical (unpaired) electrons. The van der Waals surface area contributed by atoms with Crippen molar-refractivity contribution in [1.82, 2.24) is 9.21 Å². The van der Waals surface area contributed by atoms with Crippen molar-refractivity contribution in [1.29, 1.82) is 0 Å². The lowest BCUT2D eigenvalue weighted by molar-refractivity contribution is -0.274. The number of alkyl halides is 3. The summed E-state index contributed by atoms with van der Waals surface area (Å²) in [6.45, 7) is 2.14. The van der Waals surface area contributed by atoms with Crippen molar-refractivity contribution in [3.8, 4) is 51.6 Å². The number of piperazine rings is 1. The molecule has 2 heterocycles. The van der Waals surface area contributed by atoms with E-state index in [1.165, 1.54) is 39.9 Å². The van der Waals surface area contributed by atoms with Gasteiger partial charge >= 0.3 is 6.36 Å². The number of hydrogen-bond donors (Lipinski definition) is 0. The fourth-order valence-corrected chi connectivity index (χ4v) is 7.24. The van der Waals surface area contributed by atoms with E-state index in [0.717, 1.165) is 24.3 Å². The van der Waals surface area contributed by atoms with Gasteiger partial charge in [-0.05, 0) is 55.8 Å². The third kappa shape index (κ3) is 8.43. The summed E-state index contributed by atoms with van der Waals surface area (Å²) in [5, 5.41) is 0.174. The van der Waals surface area contributed by atoms with E-state index in [0.29, 0.717) is 61.0 Å². The smallest absolute Gasteiger partial charge is 0.496 e. The average molecular weight is 753 g/mol. The molecule has 0 aliphatic carbocycles. The van der Waals surface area contributed by atoms with Crippen LogP contribution in [0.4, 0.5) is 13.2 Å². The standard InChI is InChI=1S/C35H39F3N2O11S/c1-44-24-20-26(45-2)30-27(21-24)50-32(22-18-28(46-3)33(48-5)29(19-22)47-4)34(31(30)41)49-17-7-6-12-39-13-15-40(16-14-39)52(42,43)25-10-8-23(9-11-25)51-35(36,37)38/h8-11,18-21H,6-7,12-17H2,1-5H3. The number of benzene rings is 3. The lowest BCUT2D eigenvalue weighted by Crippen LogP contribution is -2.48. The number of sulfonamides is 1. The molecular formula is C35H39F3N2O11S. The number of fused-ring (bicyclic) bond motifs is 1. The Labute approximate surface area is 298 Å². The van der Waals surface area contributed by atoms with Gasteiger partial charge in [0.25, 0.3) is 0 Å². The molecule has 0 saturated carbocycles. The summed E-state index contributed by atoms with van der Waals surface area (Å²) in [4.78, 5) is 16.0. The zero-order chi connectivity index (χ0) is 37.6. The van der Waals surface area contributed by atoms with Crippen molar-refractivity contribution < 1.29 is 59.2 Å². The topological polar surface area (TPSA) is 135 Å². The molecule has 0 bridgehead atoms. The molecule has 1 aromatic heterocycles. The number of halogens is 3. The first kappa shape index (κ1) is 38.4. The fourth-order valence-electron chi connectivity index (χ4n) is 5.82. The van der Waals surface area contributed by atoms with Gasteiger partial charge < -0.3 is 42.5 Å². The van der Waals surface area contributed by atoms with Crippen LogP contribution in [-0.4, -0.2) is 98.9 Å². The molecule has 1 aliphatic heterocycles. The van der Waals surface area contributed by atoms with Crippen LogP contribution in [0.15, 0.2) is 62.6 Å². The molecule has 0 atom stereocenters. The van der Waals surface area contributed by atoms with Crippen LogP contribution in [-0.2, 0) is 10.0 Å². The maximum atomic E-state index is 14.0. The predicted octanol–water partition coefficient (Wildman–Crippen LogP) is 5.57. The molecule has 3 aromatic carbocycles. The van der Waals surface area contributed by atoms with Gasteiger partial charge in [-0.1, -0.05) is 0 Å². The largest absolute Gasteiger partial charge is 0.573 e. The minimum atomic E-state index is -4.87. The highest BCUT2D eigenvalue weighted by Crippen LogP contribution is 2.44. The summed E-state index contributed by atoms with van der Waals surface area (Å²) >= 11 is 0. The Kier molecular flexibility index (Phi) is 12.0. The SMILES string of the molecule is COc1cc(OC)c2c(=O)c(OCCCCN3CCN(S(=O)(=O)c4ccc(OC(F)(F)F)cc4)CC3)c(-c3cc(OC)c(OC)c(OC)c3)oc2c1. The van der Waals surface area contributed by atoms with E-state index in [1.54, 1.807) is 24.3 Å². The number of nitrogens with zero attached hydrogens (tertiary/aromatic N) is 2. The van der Waals surface area contributed by atoms with Crippen LogP contribution < -0.4 is 38.6 Å². The first-order chi connectivity index (χ1) is 24.8. The van der Waals surface area contributed by atoms with Gasteiger partial charge in [-0.2, -0.15) is 4.31 Å². The quantitative estimate of drug-likeness (QED) is 0.141. The van der Waals surface area contributed by atoms with Gasteiger partial charge in [-0.15, -0.1) is 13.2 Å². The molecule has 0 N–H and O–H groups in total. The molecule has 4 aromatic rings. The van der Waals surface area contributed by atoms with E-state index in [1.807, 2.05) is 0 Å². The molecule has 0 spiro atoms. The highest BCUT2D eigenvalue weighted by Gasteiger charge is 2.32. The second kappa shape index (κ2) is 16.2. The van der Waals surface area contributed by atoms with Crippen LogP contribution in [0.2, 0.25) is 0 Å². The van der Waals surface area contributed by atoms with E-state index in [-0.39, 0.29) is 52.8 Å². The Balaban J connectivity index is 1.27. The Morgan fingerprint density at radius 3 is 1.94 bits per heavy atom. The summed E-state index contributed by atoms with van der Waals surface area (Å²) in [6, 6.07) is 10.6. The first-order valence-electron chi connectivity index (χ1n) is 16.1. The van der Waals surface area contributed by atoms with E-state index in [4.69, 9.17) is 32.8 Å². The van der Waals surface area contributed by atoms with E-state index < -0.39 is 27.6 Å². The second-order valence-corrected chi connectivity index (χ2v) is 13.5. The third-order valence-electron chi connectivity index (χ3n) is 8.42. The number of rotatable bonds is 15. The zero-order valence-electron chi connectivity index (χ0n) is 29.2. The Morgan fingerprint density at radius 2 is 1.38 bits per heavy atom. The van der Waals surface area contributed by atoms with Gasteiger partial charge in [0.15, 0.2) is 17.3 Å². The van der Waals surface area contributed by atoms with Crippen LogP contribution in [0.5, 0.6) is 40.2 Å². The summed E-state index contributed by atoms with van der Waals surface area (Å²) < 4.78 is 109. The predicted molar refractivity (Wildman–Crippen MR) is 184 cm³/mol. The monoisotopic (exact) mass is 752 g/mol. The maximum absolute atomic E-state index is 14.0. The molecule has 1 aliphatic rings. The minimum Gasteiger partial charge on any atom is -0.496 e. The lowest BCUT2D eigenvalue weighted by atomic mass is 10.1. The number of unbranched alkanes of at least 4 members (excludes halogenated alkanes) is 1. The van der Waals surface area contributed by atoms with Crippen molar-refractivity contribution in [2.45, 2.75) is 24.1 Å². The van der Waals surface area contributed by atoms with Crippen LogP contribution >= 0.6 is 0 Å². The Bertz CT molecular complexity index is 2000. The van der Waals surface area contributed by atoms with Gasteiger partial charge in [-0.25, -0.2) is 8.42 Å². The minimum absolute atomic E-state index is 0.0398. The summed E-state index contributed by atoms with van der Waals surface area (Å²) in [5.74, 6) is 1.30. The summed E-state index contributed by atoms with van der Waals surface area (Å²) in [6.07, 6.45) is -3.65. The fraction of sp³-hybridized carbons (Fsp3) is 0.400. The third-order valence-corrected chi connectivity index (χ3v) is 10.3. The molecule has 17 heteroatoms. The second-order valence-electron chi connectivity index (χ2n) is 11.5. The molecule has 13 nitrogen and oxygen atoms in total. The molecule has 5 rings (SSSR count). The molecule has 52 heavy (non-hydrogen) atoms. The Hall–Kier alpha value is -4.87. The van der Waals surface area contributed by atoms with E-state index in [9.17, 15) is 26.4 Å². The van der Waals surface area contributed by atoms with Crippen LogP contribution in [0.1, 0.15) is 12.8 Å². The summed E-state index contributed by atoms with van der Waals surface area (Å²) in [5.41, 5.74) is 0.194. The van der Waals surface area contributed by atoms with Gasteiger partial charge in [0, 0.05) is 43.9 Å². The molecule has 1 saturated heterocycles. The van der Waals surface area contributed by atoms with Gasteiger partial charge in [0.2, 0.25) is 27.0 Å². The summed E-state index contributed by atoms with van der Waals surface area (Å²) in [7, 11) is 3.45. The van der Waals surface area contributed by atoms with Crippen molar-refractivity contribution in [3.05, 3.63) is 58.8 Å². The maximum Gasteiger partial charge on any atom is 0.573 e. The first-order valence-corrected chi connectivity index (χ1v) is 17.5. The average Bonchev–Trinajstić information content (AvgIpc) is 3.13. The number of hydrogen-bond acceptors (Lipinski definition) is 12. The highest BCUT2D eigenvalue weighted by molar-refractivity contribution is 7.89. The highest BCUT2D eigenvalue weighted by atomic mass is 32.2. The number of methoxy groups -OCH3 is 5. The van der Waals surface area contributed by atoms with Gasteiger partial charge in [-0.3, -0.25) is 4.79 Å². The lowest BCUT2D eigenvalue weighted by Gasteiger charge is -2.34. The van der Waals surface area contributed by atoms with Crippen molar-refractivity contribution in [2.75, 3.05) is 74.9 Å².